The molecule has 0 aliphatic heterocycles. The van der Waals surface area contributed by atoms with Gasteiger partial charge in [-0.2, -0.15) is 0 Å². The number of ether oxygens (including phenoxy) is 1. The van der Waals surface area contributed by atoms with Gasteiger partial charge in [-0.3, -0.25) is 4.79 Å². The van der Waals surface area contributed by atoms with E-state index in [1.165, 1.54) is 0 Å². The first-order valence-electron chi connectivity index (χ1n) is 3.62. The van der Waals surface area contributed by atoms with Crippen molar-refractivity contribution in [2.45, 2.75) is 6.42 Å². The largest absolute Gasteiger partial charge is 0.426 e. The van der Waals surface area contributed by atoms with Crippen LogP contribution in [-0.4, -0.2) is 12.3 Å². The highest BCUT2D eigenvalue weighted by molar-refractivity contribution is 6.30. The average Bonchev–Trinajstić information content (AvgIpc) is 2.09. The van der Waals surface area contributed by atoms with Gasteiger partial charge in [0, 0.05) is 5.02 Å². The van der Waals surface area contributed by atoms with Crippen LogP contribution >= 0.6 is 11.6 Å². The lowest BCUT2D eigenvalue weighted by Gasteiger charge is -2.00. The van der Waals surface area contributed by atoms with Crippen LogP contribution in [-0.2, 0) is 9.59 Å². The lowest BCUT2D eigenvalue weighted by Crippen LogP contribution is -2.07. The number of rotatable bonds is 3. The Morgan fingerprint density at radius 2 is 2.00 bits per heavy atom. The zero-order valence-electron chi connectivity index (χ0n) is 6.70. The van der Waals surface area contributed by atoms with Gasteiger partial charge in [-0.1, -0.05) is 11.6 Å². The van der Waals surface area contributed by atoms with Crippen LogP contribution in [0, 0.1) is 0 Å². The van der Waals surface area contributed by atoms with Crippen LogP contribution in [0.1, 0.15) is 6.42 Å². The van der Waals surface area contributed by atoms with Crippen LogP contribution < -0.4 is 4.74 Å². The van der Waals surface area contributed by atoms with Gasteiger partial charge in [0.2, 0.25) is 0 Å². The van der Waals surface area contributed by atoms with Gasteiger partial charge in [-0.15, -0.1) is 0 Å². The summed E-state index contributed by atoms with van der Waals surface area (Å²) in [6.45, 7) is 0. The van der Waals surface area contributed by atoms with Crippen LogP contribution in [0.5, 0.6) is 5.75 Å². The van der Waals surface area contributed by atoms with E-state index in [2.05, 4.69) is 0 Å². The van der Waals surface area contributed by atoms with Gasteiger partial charge in [-0.05, 0) is 24.3 Å². The summed E-state index contributed by atoms with van der Waals surface area (Å²) in [7, 11) is 0. The summed E-state index contributed by atoms with van der Waals surface area (Å²) < 4.78 is 4.78. The van der Waals surface area contributed by atoms with E-state index >= 15 is 0 Å². The lowest BCUT2D eigenvalue weighted by atomic mass is 10.3. The number of hydrogen-bond acceptors (Lipinski definition) is 3. The molecular weight excluding hydrogens is 192 g/mol. The summed E-state index contributed by atoms with van der Waals surface area (Å²) in [5.74, 6) is -0.187. The third-order valence-corrected chi connectivity index (χ3v) is 1.55. The monoisotopic (exact) mass is 198 g/mol. The molecule has 0 bridgehead atoms. The Balaban J connectivity index is 2.59. The number of carbonyl (C=O) groups is 2. The SMILES string of the molecule is O=CCC(=O)Oc1ccc(Cl)cc1. The summed E-state index contributed by atoms with van der Waals surface area (Å²) in [5.41, 5.74) is 0. The first kappa shape index (κ1) is 9.74. The molecule has 1 aromatic carbocycles. The van der Waals surface area contributed by atoms with E-state index in [0.29, 0.717) is 17.1 Å². The maximum absolute atomic E-state index is 10.8. The minimum absolute atomic E-state index is 0.234. The van der Waals surface area contributed by atoms with E-state index < -0.39 is 5.97 Å². The first-order chi connectivity index (χ1) is 6.22. The molecule has 3 nitrogen and oxygen atoms in total. The van der Waals surface area contributed by atoms with E-state index in [1.54, 1.807) is 24.3 Å². The van der Waals surface area contributed by atoms with Gasteiger partial charge in [0.25, 0.3) is 0 Å². The Bertz CT molecular complexity index is 305. The number of hydrogen-bond donors (Lipinski definition) is 0. The molecule has 0 aliphatic carbocycles. The molecule has 0 amide bonds. The zero-order chi connectivity index (χ0) is 9.68. The highest BCUT2D eigenvalue weighted by atomic mass is 35.5. The number of aldehydes is 1. The summed E-state index contributed by atoms with van der Waals surface area (Å²) in [6.07, 6.45) is 0.265. The molecule has 0 radical (unpaired) electrons. The Morgan fingerprint density at radius 1 is 1.38 bits per heavy atom. The van der Waals surface area contributed by atoms with E-state index in [1.807, 2.05) is 0 Å². The Labute approximate surface area is 80.3 Å². The molecule has 0 saturated heterocycles. The van der Waals surface area contributed by atoms with Crippen molar-refractivity contribution in [3.05, 3.63) is 29.3 Å². The van der Waals surface area contributed by atoms with Crippen LogP contribution in [0.2, 0.25) is 5.02 Å². The van der Waals surface area contributed by atoms with Crippen molar-refractivity contribution in [3.8, 4) is 5.75 Å². The normalized spacial score (nSPS) is 9.31. The maximum atomic E-state index is 10.8. The van der Waals surface area contributed by atoms with E-state index in [9.17, 15) is 9.59 Å². The predicted octanol–water partition coefficient (Wildman–Crippen LogP) is 1.83. The highest BCUT2D eigenvalue weighted by Crippen LogP contribution is 2.15. The van der Waals surface area contributed by atoms with Gasteiger partial charge in [0.05, 0.1) is 0 Å². The molecule has 1 aromatic rings. The quantitative estimate of drug-likeness (QED) is 0.322. The fourth-order valence-electron chi connectivity index (χ4n) is 0.744. The van der Waals surface area contributed by atoms with Gasteiger partial charge < -0.3 is 9.53 Å². The topological polar surface area (TPSA) is 43.4 Å². The van der Waals surface area contributed by atoms with Crippen molar-refractivity contribution < 1.29 is 14.3 Å². The van der Waals surface area contributed by atoms with Crippen molar-refractivity contribution in [2.75, 3.05) is 0 Å². The second-order valence-electron chi connectivity index (χ2n) is 2.30. The Kier molecular flexibility index (Phi) is 3.46. The van der Waals surface area contributed by atoms with Crippen LogP contribution in [0.4, 0.5) is 0 Å². The molecule has 0 spiro atoms. The van der Waals surface area contributed by atoms with Gasteiger partial charge in [0.15, 0.2) is 0 Å². The third kappa shape index (κ3) is 3.25. The first-order valence-corrected chi connectivity index (χ1v) is 4.00. The minimum Gasteiger partial charge on any atom is -0.426 e. The number of halogens is 1. The highest BCUT2D eigenvalue weighted by Gasteiger charge is 2.02. The fraction of sp³-hybridized carbons (Fsp3) is 0.111. The van der Waals surface area contributed by atoms with Crippen molar-refractivity contribution in [1.82, 2.24) is 0 Å². The molecule has 0 saturated carbocycles. The maximum Gasteiger partial charge on any atom is 0.318 e. The second kappa shape index (κ2) is 4.62. The molecule has 0 aliphatic rings. The molecule has 13 heavy (non-hydrogen) atoms. The molecule has 0 fully saturated rings. The van der Waals surface area contributed by atoms with E-state index in [-0.39, 0.29) is 6.42 Å². The minimum atomic E-state index is -0.572. The van der Waals surface area contributed by atoms with Crippen molar-refractivity contribution >= 4 is 23.9 Å². The number of benzene rings is 1. The molecule has 0 aromatic heterocycles. The fourth-order valence-corrected chi connectivity index (χ4v) is 0.870. The Morgan fingerprint density at radius 3 is 2.54 bits per heavy atom. The molecule has 0 unspecified atom stereocenters. The van der Waals surface area contributed by atoms with Crippen LogP contribution in [0.15, 0.2) is 24.3 Å². The molecular formula is C9H7ClO3. The van der Waals surface area contributed by atoms with Crippen LogP contribution in [0.3, 0.4) is 0 Å². The molecule has 68 valence electrons. The average molecular weight is 199 g/mol. The smallest absolute Gasteiger partial charge is 0.318 e. The Hall–Kier alpha value is -1.35. The second-order valence-corrected chi connectivity index (χ2v) is 2.74. The molecule has 4 heteroatoms. The molecule has 1 rings (SSSR count). The van der Waals surface area contributed by atoms with E-state index in [4.69, 9.17) is 16.3 Å². The van der Waals surface area contributed by atoms with Crippen LogP contribution in [0.25, 0.3) is 0 Å². The van der Waals surface area contributed by atoms with Gasteiger partial charge in [0.1, 0.15) is 18.5 Å². The molecule has 0 N–H and O–H groups in total. The summed E-state index contributed by atoms with van der Waals surface area (Å²) in [5, 5.41) is 0.565. The summed E-state index contributed by atoms with van der Waals surface area (Å²) in [6, 6.07) is 6.33. The summed E-state index contributed by atoms with van der Waals surface area (Å²) in [4.78, 5) is 20.7. The lowest BCUT2D eigenvalue weighted by molar-refractivity contribution is -0.135. The van der Waals surface area contributed by atoms with Gasteiger partial charge >= 0.3 is 5.97 Å². The zero-order valence-corrected chi connectivity index (χ0v) is 7.45. The van der Waals surface area contributed by atoms with Crippen molar-refractivity contribution in [2.24, 2.45) is 0 Å². The number of esters is 1. The third-order valence-electron chi connectivity index (χ3n) is 1.30. The predicted molar refractivity (Wildman–Crippen MR) is 47.8 cm³/mol. The van der Waals surface area contributed by atoms with Crippen molar-refractivity contribution in [1.29, 1.82) is 0 Å². The number of carbonyl (C=O) groups excluding carboxylic acids is 2. The van der Waals surface area contributed by atoms with Gasteiger partial charge in [-0.25, -0.2) is 0 Å². The molecule has 0 heterocycles. The standard InChI is InChI=1S/C9H7ClO3/c10-7-1-3-8(4-2-7)13-9(12)5-6-11/h1-4,6H,5H2. The molecule has 0 atom stereocenters. The van der Waals surface area contributed by atoms with E-state index in [0.717, 1.165) is 0 Å². The summed E-state index contributed by atoms with van der Waals surface area (Å²) >= 11 is 5.61. The van der Waals surface area contributed by atoms with Crippen molar-refractivity contribution in [3.63, 3.8) is 0 Å².